The third-order valence-electron chi connectivity index (χ3n) is 4.15. The van der Waals surface area contributed by atoms with E-state index < -0.39 is 19.4 Å². The van der Waals surface area contributed by atoms with Crippen molar-refractivity contribution in [1.82, 2.24) is 0 Å². The van der Waals surface area contributed by atoms with Crippen LogP contribution in [0.5, 0.6) is 0 Å². The van der Waals surface area contributed by atoms with Crippen molar-refractivity contribution in [3.63, 3.8) is 0 Å². The molecule has 2 rings (SSSR count). The summed E-state index contributed by atoms with van der Waals surface area (Å²) in [6.07, 6.45) is -0.430. The lowest BCUT2D eigenvalue weighted by molar-refractivity contribution is -0.114. The van der Waals surface area contributed by atoms with Crippen LogP contribution in [0.15, 0.2) is 48.5 Å². The third-order valence-corrected chi connectivity index (χ3v) is 5.98. The van der Waals surface area contributed by atoms with Crippen molar-refractivity contribution in [1.29, 1.82) is 0 Å². The first kappa shape index (κ1) is 19.4. The van der Waals surface area contributed by atoms with Gasteiger partial charge in [-0.25, -0.2) is 0 Å². The highest BCUT2D eigenvalue weighted by Crippen LogP contribution is 2.39. The Labute approximate surface area is 149 Å². The molecule has 5 heteroatoms. The number of hydrogen-bond acceptors (Lipinski definition) is 2. The van der Waals surface area contributed by atoms with E-state index in [-0.39, 0.29) is 11.8 Å². The molecule has 1 amide bonds. The summed E-state index contributed by atoms with van der Waals surface area (Å²) < 4.78 is 12.5. The second kappa shape index (κ2) is 7.99. The van der Waals surface area contributed by atoms with E-state index in [1.165, 1.54) is 0 Å². The van der Waals surface area contributed by atoms with Crippen molar-refractivity contribution in [3.8, 4) is 0 Å². The van der Waals surface area contributed by atoms with Crippen LogP contribution in [0.1, 0.15) is 50.7 Å². The van der Waals surface area contributed by atoms with E-state index in [0.717, 1.165) is 16.8 Å². The molecule has 2 N–H and O–H groups in total. The van der Waals surface area contributed by atoms with E-state index in [1.807, 2.05) is 18.2 Å². The van der Waals surface area contributed by atoms with Crippen LogP contribution in [0.25, 0.3) is 0 Å². The Morgan fingerprint density at radius 3 is 1.96 bits per heavy atom. The minimum Gasteiger partial charge on any atom is -0.341 e. The van der Waals surface area contributed by atoms with Gasteiger partial charge in [-0.2, -0.15) is 0 Å². The molecule has 0 heterocycles. The molecular weight excluding hydrogens is 333 g/mol. The van der Waals surface area contributed by atoms with Gasteiger partial charge in [-0.15, -0.1) is 0 Å². The minimum atomic E-state index is -3.73. The Hall–Kier alpha value is -1.90. The minimum absolute atomic E-state index is 0.240. The molecule has 25 heavy (non-hydrogen) atoms. The second-order valence-electron chi connectivity index (χ2n) is 6.86. The molecule has 0 aliphatic heterocycles. The highest BCUT2D eigenvalue weighted by Gasteiger charge is 2.26. The summed E-state index contributed by atoms with van der Waals surface area (Å²) in [6, 6.07) is 14.3. The zero-order chi connectivity index (χ0) is 18.6. The van der Waals surface area contributed by atoms with Gasteiger partial charge in [-0.1, -0.05) is 64.1 Å². The number of amides is 1. The molecule has 1 unspecified atom stereocenters. The molecule has 0 aliphatic carbocycles. The van der Waals surface area contributed by atoms with Gasteiger partial charge >= 0.3 is 0 Å². The first-order valence-corrected chi connectivity index (χ1v) is 10.4. The topological polar surface area (TPSA) is 66.4 Å². The molecule has 0 spiro atoms. The van der Waals surface area contributed by atoms with Crippen LogP contribution in [-0.4, -0.2) is 17.0 Å². The fourth-order valence-electron chi connectivity index (χ4n) is 2.82. The summed E-state index contributed by atoms with van der Waals surface area (Å²) in [5.41, 5.74) is 2.84. The summed E-state index contributed by atoms with van der Waals surface area (Å²) in [5, 5.41) is 3.19. The summed E-state index contributed by atoms with van der Waals surface area (Å²) in [5.74, 6) is 0.0396. The first-order chi connectivity index (χ1) is 11.7. The van der Waals surface area contributed by atoms with Gasteiger partial charge in [-0.05, 0) is 35.1 Å². The zero-order valence-electron chi connectivity index (χ0n) is 15.2. The monoisotopic (exact) mass is 359 g/mol. The number of hydrogen-bond donors (Lipinski definition) is 2. The van der Waals surface area contributed by atoms with E-state index in [4.69, 9.17) is 0 Å². The van der Waals surface area contributed by atoms with Crippen molar-refractivity contribution in [3.05, 3.63) is 59.7 Å². The Morgan fingerprint density at radius 2 is 1.48 bits per heavy atom. The molecule has 0 aliphatic rings. The van der Waals surface area contributed by atoms with Crippen molar-refractivity contribution in [2.24, 2.45) is 0 Å². The Kier molecular flexibility index (Phi) is 6.21. The molecule has 0 aromatic heterocycles. The average molecular weight is 359 g/mol. The Bertz CT molecular complexity index is 759. The molecule has 0 bridgehead atoms. The molecule has 134 valence electrons. The molecule has 2 aromatic carbocycles. The molecule has 0 saturated carbocycles. The second-order valence-corrected chi connectivity index (χ2v) is 9.10. The smallest absolute Gasteiger partial charge is 0.238 e. The van der Waals surface area contributed by atoms with Crippen LogP contribution >= 0.6 is 7.37 Å². The van der Waals surface area contributed by atoms with Crippen LogP contribution in [-0.2, 0) is 9.36 Å². The van der Waals surface area contributed by atoms with Gasteiger partial charge in [0.2, 0.25) is 13.3 Å². The number of rotatable bonds is 6. The van der Waals surface area contributed by atoms with E-state index >= 15 is 0 Å². The highest BCUT2D eigenvalue weighted by molar-refractivity contribution is 7.66. The van der Waals surface area contributed by atoms with Crippen LogP contribution < -0.4 is 10.6 Å². The molecule has 1 atom stereocenters. The summed E-state index contributed by atoms with van der Waals surface area (Å²) in [6.45, 7) is 8.26. The molecule has 0 saturated heterocycles. The number of anilines is 1. The van der Waals surface area contributed by atoms with E-state index in [0.29, 0.717) is 5.30 Å². The fourth-order valence-corrected chi connectivity index (χ4v) is 4.11. The Balaban J connectivity index is 2.28. The predicted molar refractivity (Wildman–Crippen MR) is 104 cm³/mol. The van der Waals surface area contributed by atoms with Gasteiger partial charge in [0.1, 0.15) is 6.16 Å². The molecular formula is C20H26NO3P. The Morgan fingerprint density at radius 1 is 0.960 bits per heavy atom. The first-order valence-electron chi connectivity index (χ1n) is 8.52. The number of carbonyl (C=O) groups excluding carboxylic acids is 1. The number of para-hydroxylation sites is 1. The van der Waals surface area contributed by atoms with E-state index in [2.05, 4.69) is 33.0 Å². The molecule has 0 fully saturated rings. The van der Waals surface area contributed by atoms with Gasteiger partial charge in [-0.3, -0.25) is 9.36 Å². The molecule has 0 radical (unpaired) electrons. The lowest BCUT2D eigenvalue weighted by Crippen LogP contribution is -2.22. The normalized spacial score (nSPS) is 13.7. The third kappa shape index (κ3) is 4.81. The van der Waals surface area contributed by atoms with Crippen LogP contribution in [0.4, 0.5) is 5.69 Å². The SMILES string of the molecule is CC(C)c1cccc(C(C)C)c1NC(=O)CP(=O)(O)c1ccccc1. The van der Waals surface area contributed by atoms with Gasteiger partial charge in [0.05, 0.1) is 0 Å². The summed E-state index contributed by atoms with van der Waals surface area (Å²) >= 11 is 0. The zero-order valence-corrected chi connectivity index (χ0v) is 16.1. The quantitative estimate of drug-likeness (QED) is 0.748. The predicted octanol–water partition coefficient (Wildman–Crippen LogP) is 4.47. The number of benzene rings is 2. The summed E-state index contributed by atoms with van der Waals surface area (Å²) in [4.78, 5) is 22.8. The fraction of sp³-hybridized carbons (Fsp3) is 0.350. The van der Waals surface area contributed by atoms with Crippen molar-refractivity contribution < 1.29 is 14.3 Å². The summed E-state index contributed by atoms with van der Waals surface area (Å²) in [7, 11) is -3.73. The van der Waals surface area contributed by atoms with Gasteiger partial charge < -0.3 is 10.2 Å². The maximum absolute atomic E-state index is 12.5. The van der Waals surface area contributed by atoms with Gasteiger partial charge in [0.15, 0.2) is 0 Å². The maximum Gasteiger partial charge on any atom is 0.238 e. The van der Waals surface area contributed by atoms with Crippen LogP contribution in [0.2, 0.25) is 0 Å². The number of carbonyl (C=O) groups is 1. The number of nitrogens with one attached hydrogen (secondary N) is 1. The maximum atomic E-state index is 12.5. The highest BCUT2D eigenvalue weighted by atomic mass is 31.2. The van der Waals surface area contributed by atoms with E-state index in [1.54, 1.807) is 30.3 Å². The molecule has 2 aromatic rings. The average Bonchev–Trinajstić information content (AvgIpc) is 2.54. The van der Waals surface area contributed by atoms with Gasteiger partial charge in [0.25, 0.3) is 0 Å². The lowest BCUT2D eigenvalue weighted by atomic mass is 9.92. The largest absolute Gasteiger partial charge is 0.341 e. The van der Waals surface area contributed by atoms with Crippen LogP contribution in [0, 0.1) is 0 Å². The van der Waals surface area contributed by atoms with Crippen molar-refractivity contribution in [2.45, 2.75) is 39.5 Å². The van der Waals surface area contributed by atoms with Gasteiger partial charge in [0, 0.05) is 11.0 Å². The van der Waals surface area contributed by atoms with Crippen molar-refractivity contribution >= 4 is 24.3 Å². The van der Waals surface area contributed by atoms with Crippen LogP contribution in [0.3, 0.4) is 0 Å². The lowest BCUT2D eigenvalue weighted by Gasteiger charge is -2.21. The molecule has 4 nitrogen and oxygen atoms in total. The van der Waals surface area contributed by atoms with E-state index in [9.17, 15) is 14.3 Å². The standard InChI is InChI=1S/C20H26NO3P/c1-14(2)17-11-8-12-18(15(3)4)20(17)21-19(22)13-25(23,24)16-9-6-5-7-10-16/h5-12,14-15H,13H2,1-4H3,(H,21,22)(H,23,24). The van der Waals surface area contributed by atoms with Crippen molar-refractivity contribution in [2.75, 3.05) is 11.5 Å².